The largest absolute Gasteiger partial charge is 0.468 e. The number of carbonyl (C=O) groups excluding carboxylic acids is 2. The lowest BCUT2D eigenvalue weighted by Gasteiger charge is -2.26. The Balaban J connectivity index is 2.20. The summed E-state index contributed by atoms with van der Waals surface area (Å²) in [6, 6.07) is 9.66. The van der Waals surface area contributed by atoms with Crippen LogP contribution >= 0.6 is 0 Å². The first-order chi connectivity index (χ1) is 8.24. The van der Waals surface area contributed by atoms with Crippen LogP contribution in [0.4, 0.5) is 0 Å². The van der Waals surface area contributed by atoms with Crippen molar-refractivity contribution in [1.82, 2.24) is 0 Å². The van der Waals surface area contributed by atoms with Gasteiger partial charge in [-0.25, -0.2) is 0 Å². The van der Waals surface area contributed by atoms with Crippen LogP contribution in [0.1, 0.15) is 30.7 Å². The molecular weight excluding hydrogens is 216 g/mol. The Bertz CT molecular complexity index is 411. The van der Waals surface area contributed by atoms with Gasteiger partial charge in [0, 0.05) is 5.92 Å². The van der Waals surface area contributed by atoms with Gasteiger partial charge in [0.2, 0.25) is 0 Å². The van der Waals surface area contributed by atoms with Crippen LogP contribution in [0.5, 0.6) is 0 Å². The van der Waals surface area contributed by atoms with Crippen molar-refractivity contribution in [3.63, 3.8) is 0 Å². The van der Waals surface area contributed by atoms with Crippen LogP contribution in [0, 0.1) is 5.92 Å². The van der Waals surface area contributed by atoms with E-state index in [0.29, 0.717) is 6.42 Å². The van der Waals surface area contributed by atoms with E-state index in [9.17, 15) is 9.59 Å². The number of benzene rings is 1. The molecule has 1 aromatic carbocycles. The van der Waals surface area contributed by atoms with Gasteiger partial charge in [0.1, 0.15) is 5.92 Å². The van der Waals surface area contributed by atoms with Gasteiger partial charge in [-0.3, -0.25) is 9.59 Å². The van der Waals surface area contributed by atoms with Crippen molar-refractivity contribution >= 4 is 11.8 Å². The third-order valence-corrected chi connectivity index (χ3v) is 3.36. The lowest BCUT2D eigenvalue weighted by molar-refractivity contribution is -0.151. The van der Waals surface area contributed by atoms with E-state index in [1.165, 1.54) is 7.11 Å². The highest BCUT2D eigenvalue weighted by Crippen LogP contribution is 2.33. The summed E-state index contributed by atoms with van der Waals surface area (Å²) >= 11 is 0. The summed E-state index contributed by atoms with van der Waals surface area (Å²) in [5, 5.41) is 0. The first-order valence-corrected chi connectivity index (χ1v) is 5.90. The van der Waals surface area contributed by atoms with Gasteiger partial charge in [0.25, 0.3) is 0 Å². The maximum Gasteiger partial charge on any atom is 0.316 e. The van der Waals surface area contributed by atoms with Crippen molar-refractivity contribution in [2.24, 2.45) is 5.92 Å². The van der Waals surface area contributed by atoms with E-state index < -0.39 is 11.9 Å². The molecule has 1 saturated carbocycles. The normalized spacial score (nSPS) is 24.4. The molecule has 2 rings (SSSR count). The Morgan fingerprint density at radius 2 is 1.94 bits per heavy atom. The molecule has 90 valence electrons. The number of Topliss-reactive ketones (excluding diaryl/α,β-unsaturated/α-hetero) is 1. The van der Waals surface area contributed by atoms with Gasteiger partial charge in [-0.15, -0.1) is 0 Å². The molecule has 0 N–H and O–H groups in total. The van der Waals surface area contributed by atoms with Crippen molar-refractivity contribution in [2.75, 3.05) is 7.11 Å². The number of ether oxygens (including phenoxy) is 1. The quantitative estimate of drug-likeness (QED) is 0.580. The molecule has 0 heterocycles. The molecule has 0 aromatic heterocycles. The van der Waals surface area contributed by atoms with Crippen LogP contribution < -0.4 is 0 Å². The lowest BCUT2D eigenvalue weighted by atomic mass is 9.77. The van der Waals surface area contributed by atoms with Gasteiger partial charge in [0.15, 0.2) is 5.78 Å². The van der Waals surface area contributed by atoms with E-state index in [4.69, 9.17) is 0 Å². The standard InChI is InChI=1S/C14H16O3/c1-17-14(16)12-9-5-8-11(13(12)15)10-6-3-2-4-7-10/h2-4,6-7,11-12H,5,8-9H2,1H3/t11-,12-/m0/s1. The Kier molecular flexibility index (Phi) is 3.57. The molecule has 17 heavy (non-hydrogen) atoms. The zero-order chi connectivity index (χ0) is 12.3. The third-order valence-electron chi connectivity index (χ3n) is 3.36. The SMILES string of the molecule is COC(=O)[C@H]1CCC[C@@H](c2ccccc2)C1=O. The van der Waals surface area contributed by atoms with Crippen molar-refractivity contribution < 1.29 is 14.3 Å². The Labute approximate surface area is 101 Å². The van der Waals surface area contributed by atoms with Gasteiger partial charge in [-0.1, -0.05) is 36.8 Å². The highest BCUT2D eigenvalue weighted by atomic mass is 16.5. The smallest absolute Gasteiger partial charge is 0.316 e. The number of hydrogen-bond acceptors (Lipinski definition) is 3. The number of ketones is 1. The highest BCUT2D eigenvalue weighted by molar-refractivity contribution is 6.02. The third kappa shape index (κ3) is 2.38. The molecule has 0 saturated heterocycles. The van der Waals surface area contributed by atoms with Crippen molar-refractivity contribution in [1.29, 1.82) is 0 Å². The Morgan fingerprint density at radius 3 is 2.59 bits per heavy atom. The second-order valence-corrected chi connectivity index (χ2v) is 4.37. The van der Waals surface area contributed by atoms with Gasteiger partial charge >= 0.3 is 5.97 Å². The predicted octanol–water partition coefficient (Wildman–Crippen LogP) is 2.31. The summed E-state index contributed by atoms with van der Waals surface area (Å²) in [5.41, 5.74) is 1.01. The van der Waals surface area contributed by atoms with Gasteiger partial charge in [-0.2, -0.15) is 0 Å². The van der Waals surface area contributed by atoms with Gasteiger partial charge in [0.05, 0.1) is 7.11 Å². The van der Waals surface area contributed by atoms with Crippen LogP contribution in [0.3, 0.4) is 0 Å². The van der Waals surface area contributed by atoms with Crippen LogP contribution in [0.2, 0.25) is 0 Å². The average Bonchev–Trinajstić information content (AvgIpc) is 2.39. The molecule has 1 aliphatic rings. The van der Waals surface area contributed by atoms with E-state index in [1.54, 1.807) is 0 Å². The minimum Gasteiger partial charge on any atom is -0.468 e. The number of methoxy groups -OCH3 is 1. The fraction of sp³-hybridized carbons (Fsp3) is 0.429. The molecule has 0 spiro atoms. The van der Waals surface area contributed by atoms with E-state index in [2.05, 4.69) is 4.74 Å². The summed E-state index contributed by atoms with van der Waals surface area (Å²) in [7, 11) is 1.34. The summed E-state index contributed by atoms with van der Waals surface area (Å²) < 4.78 is 4.68. The molecular formula is C14H16O3. The molecule has 2 atom stereocenters. The first-order valence-electron chi connectivity index (χ1n) is 5.90. The van der Waals surface area contributed by atoms with Crippen LogP contribution in [-0.2, 0) is 14.3 Å². The maximum absolute atomic E-state index is 12.2. The monoisotopic (exact) mass is 232 g/mol. The minimum atomic E-state index is -0.570. The van der Waals surface area contributed by atoms with E-state index in [0.717, 1.165) is 18.4 Å². The maximum atomic E-state index is 12.2. The molecule has 0 bridgehead atoms. The summed E-state index contributed by atoms with van der Waals surface area (Å²) in [4.78, 5) is 23.7. The molecule has 1 aromatic rings. The van der Waals surface area contributed by atoms with Crippen LogP contribution in [-0.4, -0.2) is 18.9 Å². The van der Waals surface area contributed by atoms with Gasteiger partial charge in [-0.05, 0) is 18.4 Å². The average molecular weight is 232 g/mol. The van der Waals surface area contributed by atoms with Crippen molar-refractivity contribution in [3.8, 4) is 0 Å². The number of esters is 1. The fourth-order valence-electron chi connectivity index (χ4n) is 2.45. The van der Waals surface area contributed by atoms with Crippen LogP contribution in [0.25, 0.3) is 0 Å². The topological polar surface area (TPSA) is 43.4 Å². The summed E-state index contributed by atoms with van der Waals surface area (Å²) in [6.07, 6.45) is 2.34. The van der Waals surface area contributed by atoms with Gasteiger partial charge < -0.3 is 4.74 Å². The van der Waals surface area contributed by atoms with Crippen LogP contribution in [0.15, 0.2) is 30.3 Å². The second kappa shape index (κ2) is 5.13. The highest BCUT2D eigenvalue weighted by Gasteiger charge is 2.36. The zero-order valence-corrected chi connectivity index (χ0v) is 9.89. The molecule has 1 aliphatic carbocycles. The lowest BCUT2D eigenvalue weighted by Crippen LogP contribution is -2.33. The number of carbonyl (C=O) groups is 2. The fourth-order valence-corrected chi connectivity index (χ4v) is 2.45. The molecule has 0 radical (unpaired) electrons. The number of rotatable bonds is 2. The van der Waals surface area contributed by atoms with Crippen molar-refractivity contribution in [2.45, 2.75) is 25.2 Å². The van der Waals surface area contributed by atoms with Crippen molar-refractivity contribution in [3.05, 3.63) is 35.9 Å². The molecule has 0 amide bonds. The second-order valence-electron chi connectivity index (χ2n) is 4.37. The zero-order valence-electron chi connectivity index (χ0n) is 9.89. The molecule has 3 heteroatoms. The van der Waals surface area contributed by atoms with E-state index in [-0.39, 0.29) is 11.7 Å². The predicted molar refractivity (Wildman–Crippen MR) is 63.5 cm³/mol. The summed E-state index contributed by atoms with van der Waals surface area (Å²) in [5.74, 6) is -1.10. The van der Waals surface area contributed by atoms with E-state index >= 15 is 0 Å². The summed E-state index contributed by atoms with van der Waals surface area (Å²) in [6.45, 7) is 0. The molecule has 1 fully saturated rings. The molecule has 0 unspecified atom stereocenters. The number of hydrogen-bond donors (Lipinski definition) is 0. The first kappa shape index (κ1) is 11.8. The molecule has 0 aliphatic heterocycles. The minimum absolute atomic E-state index is 0.00861. The Hall–Kier alpha value is -1.64. The Morgan fingerprint density at radius 1 is 1.24 bits per heavy atom. The van der Waals surface area contributed by atoms with E-state index in [1.807, 2.05) is 30.3 Å². The molecule has 3 nitrogen and oxygen atoms in total.